The van der Waals surface area contributed by atoms with E-state index in [-0.39, 0.29) is 0 Å². The predicted octanol–water partition coefficient (Wildman–Crippen LogP) is 3.91. The second kappa shape index (κ2) is 8.38. The van der Waals surface area contributed by atoms with Crippen LogP contribution in [0.25, 0.3) is 0 Å². The number of rotatable bonds is 6. The third kappa shape index (κ3) is 5.04. The monoisotopic (exact) mass is 280 g/mol. The summed E-state index contributed by atoms with van der Waals surface area (Å²) in [5.41, 5.74) is 0. The van der Waals surface area contributed by atoms with Crippen molar-refractivity contribution in [2.24, 2.45) is 17.8 Å². The molecule has 2 rings (SSSR count). The van der Waals surface area contributed by atoms with Crippen molar-refractivity contribution in [3.63, 3.8) is 0 Å². The summed E-state index contributed by atoms with van der Waals surface area (Å²) in [5, 5.41) is 3.83. The van der Waals surface area contributed by atoms with Crippen LogP contribution in [0.5, 0.6) is 0 Å². The van der Waals surface area contributed by atoms with Gasteiger partial charge in [-0.3, -0.25) is 0 Å². The van der Waals surface area contributed by atoms with Crippen LogP contribution >= 0.6 is 0 Å². The quantitative estimate of drug-likeness (QED) is 0.793. The lowest BCUT2D eigenvalue weighted by molar-refractivity contribution is 0.167. The number of piperidine rings is 1. The van der Waals surface area contributed by atoms with Crippen molar-refractivity contribution in [3.8, 4) is 0 Å². The van der Waals surface area contributed by atoms with E-state index in [1.807, 2.05) is 0 Å². The molecule has 0 aromatic rings. The Labute approximate surface area is 126 Å². The van der Waals surface area contributed by atoms with Crippen LogP contribution in [0.3, 0.4) is 0 Å². The molecule has 1 saturated heterocycles. The van der Waals surface area contributed by atoms with Gasteiger partial charge in [-0.05, 0) is 70.1 Å². The molecule has 20 heavy (non-hydrogen) atoms. The lowest BCUT2D eigenvalue weighted by Gasteiger charge is -2.35. The van der Waals surface area contributed by atoms with E-state index in [9.17, 15) is 0 Å². The van der Waals surface area contributed by atoms with E-state index < -0.39 is 0 Å². The second-order valence-electron chi connectivity index (χ2n) is 7.43. The molecule has 2 fully saturated rings. The molecule has 2 aliphatic rings. The van der Waals surface area contributed by atoms with Crippen molar-refractivity contribution in [1.29, 1.82) is 0 Å². The number of likely N-dealkylation sites (tertiary alicyclic amines) is 1. The minimum Gasteiger partial charge on any atom is -0.314 e. The zero-order valence-electron chi connectivity index (χ0n) is 14.0. The van der Waals surface area contributed by atoms with Crippen molar-refractivity contribution < 1.29 is 0 Å². The zero-order chi connectivity index (χ0) is 14.4. The molecule has 0 aromatic carbocycles. The molecule has 0 bridgehead atoms. The molecule has 1 N–H and O–H groups in total. The highest BCUT2D eigenvalue weighted by Gasteiger charge is 2.23. The van der Waals surface area contributed by atoms with Crippen LogP contribution in [-0.4, -0.2) is 37.1 Å². The van der Waals surface area contributed by atoms with Gasteiger partial charge in [-0.1, -0.05) is 39.5 Å². The van der Waals surface area contributed by atoms with Crippen molar-refractivity contribution in [1.82, 2.24) is 10.2 Å². The van der Waals surface area contributed by atoms with Gasteiger partial charge in [0.25, 0.3) is 0 Å². The number of nitrogens with one attached hydrogen (secondary N) is 1. The van der Waals surface area contributed by atoms with Gasteiger partial charge in [0.1, 0.15) is 0 Å². The zero-order valence-corrected chi connectivity index (χ0v) is 14.0. The minimum atomic E-state index is 0.719. The van der Waals surface area contributed by atoms with Gasteiger partial charge in [-0.25, -0.2) is 0 Å². The largest absolute Gasteiger partial charge is 0.314 e. The molecule has 0 spiro atoms. The van der Waals surface area contributed by atoms with E-state index in [0.29, 0.717) is 0 Å². The summed E-state index contributed by atoms with van der Waals surface area (Å²) in [6.07, 6.45) is 10.1. The van der Waals surface area contributed by atoms with Crippen LogP contribution in [0.1, 0.15) is 65.7 Å². The summed E-state index contributed by atoms with van der Waals surface area (Å²) in [5.74, 6) is 2.90. The van der Waals surface area contributed by atoms with Crippen LogP contribution in [-0.2, 0) is 0 Å². The first kappa shape index (κ1) is 16.3. The standard InChI is InChI=1S/C18H36N2/c1-4-20-13-10-18(11-14-20)16(3)19-12-9-17-7-5-15(2)6-8-17/h15-19H,4-14H2,1-3H3. The summed E-state index contributed by atoms with van der Waals surface area (Å²) in [6.45, 7) is 12.2. The van der Waals surface area contributed by atoms with E-state index in [1.54, 1.807) is 0 Å². The average Bonchev–Trinajstić information content (AvgIpc) is 2.49. The molecule has 1 heterocycles. The Morgan fingerprint density at radius 3 is 2.30 bits per heavy atom. The summed E-state index contributed by atoms with van der Waals surface area (Å²) in [7, 11) is 0. The molecular formula is C18H36N2. The molecule has 1 atom stereocenters. The maximum absolute atomic E-state index is 3.83. The first-order valence-corrected chi connectivity index (χ1v) is 9.14. The van der Waals surface area contributed by atoms with E-state index in [4.69, 9.17) is 0 Å². The van der Waals surface area contributed by atoms with Crippen LogP contribution in [0, 0.1) is 17.8 Å². The topological polar surface area (TPSA) is 15.3 Å². The molecule has 1 aliphatic carbocycles. The van der Waals surface area contributed by atoms with Gasteiger partial charge in [0.15, 0.2) is 0 Å². The lowest BCUT2D eigenvalue weighted by atomic mass is 9.81. The first-order valence-electron chi connectivity index (χ1n) is 9.14. The van der Waals surface area contributed by atoms with Gasteiger partial charge < -0.3 is 10.2 Å². The Morgan fingerprint density at radius 2 is 1.70 bits per heavy atom. The summed E-state index contributed by atoms with van der Waals surface area (Å²) < 4.78 is 0. The maximum Gasteiger partial charge on any atom is 0.00679 e. The summed E-state index contributed by atoms with van der Waals surface area (Å²) >= 11 is 0. The Bertz CT molecular complexity index is 250. The molecule has 2 heteroatoms. The summed E-state index contributed by atoms with van der Waals surface area (Å²) in [6, 6.07) is 0.719. The maximum atomic E-state index is 3.83. The van der Waals surface area contributed by atoms with Crippen molar-refractivity contribution in [3.05, 3.63) is 0 Å². The van der Waals surface area contributed by atoms with Gasteiger partial charge in [0.2, 0.25) is 0 Å². The van der Waals surface area contributed by atoms with E-state index in [2.05, 4.69) is 31.0 Å². The molecule has 1 unspecified atom stereocenters. The third-order valence-electron chi connectivity index (χ3n) is 5.94. The fourth-order valence-electron chi connectivity index (χ4n) is 4.07. The first-order chi connectivity index (χ1) is 9.69. The van der Waals surface area contributed by atoms with Gasteiger partial charge in [0, 0.05) is 6.04 Å². The lowest BCUT2D eigenvalue weighted by Crippen LogP contribution is -2.42. The molecule has 2 nitrogen and oxygen atoms in total. The molecule has 0 amide bonds. The Balaban J connectivity index is 1.57. The Kier molecular flexibility index (Phi) is 6.83. The number of hydrogen-bond acceptors (Lipinski definition) is 2. The van der Waals surface area contributed by atoms with Crippen LogP contribution < -0.4 is 5.32 Å². The van der Waals surface area contributed by atoms with Gasteiger partial charge in [0.05, 0.1) is 0 Å². The molecular weight excluding hydrogens is 244 g/mol. The van der Waals surface area contributed by atoms with E-state index in [1.165, 1.54) is 71.1 Å². The van der Waals surface area contributed by atoms with Crippen molar-refractivity contribution in [2.75, 3.05) is 26.2 Å². The average molecular weight is 280 g/mol. The second-order valence-corrected chi connectivity index (χ2v) is 7.43. The van der Waals surface area contributed by atoms with Gasteiger partial charge in [-0.2, -0.15) is 0 Å². The highest BCUT2D eigenvalue weighted by atomic mass is 15.1. The smallest absolute Gasteiger partial charge is 0.00679 e. The molecule has 0 radical (unpaired) electrons. The fourth-order valence-corrected chi connectivity index (χ4v) is 4.07. The van der Waals surface area contributed by atoms with E-state index in [0.717, 1.165) is 23.8 Å². The van der Waals surface area contributed by atoms with E-state index >= 15 is 0 Å². The minimum absolute atomic E-state index is 0.719. The number of nitrogens with zero attached hydrogens (tertiary/aromatic N) is 1. The van der Waals surface area contributed by atoms with Crippen LogP contribution in [0.15, 0.2) is 0 Å². The van der Waals surface area contributed by atoms with Crippen LogP contribution in [0.4, 0.5) is 0 Å². The molecule has 1 aliphatic heterocycles. The fraction of sp³-hybridized carbons (Fsp3) is 1.00. The van der Waals surface area contributed by atoms with Crippen LogP contribution in [0.2, 0.25) is 0 Å². The normalized spacial score (nSPS) is 31.4. The van der Waals surface area contributed by atoms with Crippen molar-refractivity contribution in [2.45, 2.75) is 71.8 Å². The van der Waals surface area contributed by atoms with Gasteiger partial charge >= 0.3 is 0 Å². The highest BCUT2D eigenvalue weighted by Crippen LogP contribution is 2.30. The van der Waals surface area contributed by atoms with Crippen molar-refractivity contribution >= 4 is 0 Å². The summed E-state index contributed by atoms with van der Waals surface area (Å²) in [4.78, 5) is 2.59. The Hall–Kier alpha value is -0.0800. The molecule has 0 aromatic heterocycles. The molecule has 1 saturated carbocycles. The predicted molar refractivity (Wildman–Crippen MR) is 88.0 cm³/mol. The molecule has 118 valence electrons. The van der Waals surface area contributed by atoms with Gasteiger partial charge in [-0.15, -0.1) is 0 Å². The Morgan fingerprint density at radius 1 is 1.05 bits per heavy atom. The highest BCUT2D eigenvalue weighted by molar-refractivity contribution is 4.80. The number of hydrogen-bond donors (Lipinski definition) is 1. The SMILES string of the molecule is CCN1CCC(C(C)NCCC2CCC(C)CC2)CC1. The third-order valence-corrected chi connectivity index (χ3v) is 5.94.